The van der Waals surface area contributed by atoms with Gasteiger partial charge in [0.1, 0.15) is 11.5 Å². The van der Waals surface area contributed by atoms with Crippen LogP contribution < -0.4 is 10.5 Å². The Balaban J connectivity index is 2.22. The molecule has 0 spiro atoms. The Hall–Kier alpha value is -2.23. The van der Waals surface area contributed by atoms with Crippen molar-refractivity contribution in [3.63, 3.8) is 0 Å². The number of pyridine rings is 1. The Morgan fingerprint density at radius 1 is 1.20 bits per heavy atom. The van der Waals surface area contributed by atoms with E-state index in [4.69, 9.17) is 10.5 Å². The molecule has 0 fully saturated rings. The number of hydrogen-bond acceptors (Lipinski definition) is 4. The molecule has 2 rings (SSSR count). The van der Waals surface area contributed by atoms with Crippen molar-refractivity contribution in [2.45, 2.75) is 0 Å². The smallest absolute Gasteiger partial charge is 0.219 e. The number of phenolic OH excluding ortho intramolecular Hbond substituents is 1. The van der Waals surface area contributed by atoms with Gasteiger partial charge in [0.2, 0.25) is 5.88 Å². The second-order valence-electron chi connectivity index (χ2n) is 2.99. The molecular weight excluding hydrogens is 192 g/mol. The summed E-state index contributed by atoms with van der Waals surface area (Å²) in [6, 6.07) is 10.0. The fourth-order valence-electron chi connectivity index (χ4n) is 1.12. The highest BCUT2D eigenvalue weighted by molar-refractivity contribution is 5.54. The van der Waals surface area contributed by atoms with Crippen LogP contribution in [-0.2, 0) is 0 Å². The molecule has 1 aromatic carbocycles. The molecule has 0 amide bonds. The molecule has 1 aromatic heterocycles. The molecule has 0 aliphatic carbocycles. The number of phenols is 1. The van der Waals surface area contributed by atoms with Crippen molar-refractivity contribution in [2.24, 2.45) is 0 Å². The highest BCUT2D eigenvalue weighted by Crippen LogP contribution is 2.27. The number of aromatic nitrogens is 1. The summed E-state index contributed by atoms with van der Waals surface area (Å²) in [6.07, 6.45) is 1.63. The van der Waals surface area contributed by atoms with E-state index in [1.54, 1.807) is 30.5 Å². The van der Waals surface area contributed by atoms with Crippen molar-refractivity contribution in [1.82, 2.24) is 4.98 Å². The highest BCUT2D eigenvalue weighted by atomic mass is 16.5. The van der Waals surface area contributed by atoms with E-state index in [9.17, 15) is 5.11 Å². The molecule has 4 nitrogen and oxygen atoms in total. The molecule has 0 bridgehead atoms. The monoisotopic (exact) mass is 202 g/mol. The number of aromatic hydroxyl groups is 1. The van der Waals surface area contributed by atoms with Crippen LogP contribution in [0.3, 0.4) is 0 Å². The van der Waals surface area contributed by atoms with Gasteiger partial charge >= 0.3 is 0 Å². The average molecular weight is 202 g/mol. The Bertz CT molecular complexity index is 457. The van der Waals surface area contributed by atoms with E-state index in [2.05, 4.69) is 4.98 Å². The number of ether oxygens (including phenoxy) is 1. The highest BCUT2D eigenvalue weighted by Gasteiger charge is 2.01. The lowest BCUT2D eigenvalue weighted by molar-refractivity contribution is 0.447. The number of rotatable bonds is 2. The lowest BCUT2D eigenvalue weighted by atomic mass is 10.3. The molecule has 76 valence electrons. The van der Waals surface area contributed by atoms with Gasteiger partial charge in [0.25, 0.3) is 0 Å². The van der Waals surface area contributed by atoms with Crippen molar-refractivity contribution < 1.29 is 9.84 Å². The van der Waals surface area contributed by atoms with Crippen LogP contribution in [0.1, 0.15) is 0 Å². The summed E-state index contributed by atoms with van der Waals surface area (Å²) in [5.74, 6) is 0.977. The number of benzene rings is 1. The van der Waals surface area contributed by atoms with Gasteiger partial charge in [0.15, 0.2) is 0 Å². The fourth-order valence-corrected chi connectivity index (χ4v) is 1.12. The number of nitrogens with zero attached hydrogens (tertiary/aromatic N) is 1. The molecule has 0 saturated carbocycles. The van der Waals surface area contributed by atoms with Crippen LogP contribution in [0.2, 0.25) is 0 Å². The Labute approximate surface area is 87.0 Å². The number of anilines is 1. The van der Waals surface area contributed by atoms with Gasteiger partial charge in [-0.15, -0.1) is 0 Å². The first-order valence-electron chi connectivity index (χ1n) is 4.43. The molecule has 0 saturated heterocycles. The minimum Gasteiger partial charge on any atom is -0.506 e. The Kier molecular flexibility index (Phi) is 2.41. The van der Waals surface area contributed by atoms with Crippen molar-refractivity contribution in [1.29, 1.82) is 0 Å². The average Bonchev–Trinajstić information content (AvgIpc) is 2.25. The van der Waals surface area contributed by atoms with Crippen molar-refractivity contribution >= 4 is 5.69 Å². The Morgan fingerprint density at radius 2 is 2.07 bits per heavy atom. The van der Waals surface area contributed by atoms with E-state index in [0.29, 0.717) is 17.3 Å². The van der Waals surface area contributed by atoms with Gasteiger partial charge in [-0.05, 0) is 18.2 Å². The minimum absolute atomic E-state index is 0.00318. The van der Waals surface area contributed by atoms with Gasteiger partial charge in [0, 0.05) is 18.3 Å². The molecule has 0 aliphatic heterocycles. The lowest BCUT2D eigenvalue weighted by Gasteiger charge is -2.05. The largest absolute Gasteiger partial charge is 0.506 e. The van der Waals surface area contributed by atoms with Crippen molar-refractivity contribution in [3.05, 3.63) is 42.6 Å². The summed E-state index contributed by atoms with van der Waals surface area (Å²) in [6.45, 7) is 0. The molecular formula is C11H10N2O2. The van der Waals surface area contributed by atoms with Crippen molar-refractivity contribution in [3.8, 4) is 17.4 Å². The van der Waals surface area contributed by atoms with E-state index in [0.717, 1.165) is 0 Å². The summed E-state index contributed by atoms with van der Waals surface area (Å²) in [5, 5.41) is 9.35. The van der Waals surface area contributed by atoms with E-state index < -0.39 is 0 Å². The zero-order valence-electron chi connectivity index (χ0n) is 7.92. The van der Waals surface area contributed by atoms with E-state index in [1.807, 2.05) is 6.07 Å². The van der Waals surface area contributed by atoms with Gasteiger partial charge in [0.05, 0.1) is 5.69 Å². The topological polar surface area (TPSA) is 68.4 Å². The molecule has 0 unspecified atom stereocenters. The lowest BCUT2D eigenvalue weighted by Crippen LogP contribution is -1.89. The molecule has 0 radical (unpaired) electrons. The molecule has 0 atom stereocenters. The second kappa shape index (κ2) is 3.88. The normalized spacial score (nSPS) is 9.87. The molecule has 2 aromatic rings. The van der Waals surface area contributed by atoms with Crippen LogP contribution in [0.15, 0.2) is 42.6 Å². The zero-order chi connectivity index (χ0) is 10.7. The van der Waals surface area contributed by atoms with E-state index in [-0.39, 0.29) is 5.75 Å². The van der Waals surface area contributed by atoms with Crippen LogP contribution in [0.25, 0.3) is 0 Å². The molecule has 0 aliphatic rings. The Morgan fingerprint density at radius 3 is 2.73 bits per heavy atom. The zero-order valence-corrected chi connectivity index (χ0v) is 7.92. The summed E-state index contributed by atoms with van der Waals surface area (Å²) >= 11 is 0. The molecule has 1 heterocycles. The van der Waals surface area contributed by atoms with Gasteiger partial charge < -0.3 is 15.6 Å². The SMILES string of the molecule is Nc1ccc(Oc2ccccn2)cc1O. The van der Waals surface area contributed by atoms with Crippen LogP contribution in [0.5, 0.6) is 17.4 Å². The molecule has 15 heavy (non-hydrogen) atoms. The van der Waals surface area contributed by atoms with E-state index >= 15 is 0 Å². The molecule has 4 heteroatoms. The van der Waals surface area contributed by atoms with Crippen molar-refractivity contribution in [2.75, 3.05) is 5.73 Å². The first-order chi connectivity index (χ1) is 7.25. The number of hydrogen-bond donors (Lipinski definition) is 2. The maximum Gasteiger partial charge on any atom is 0.219 e. The van der Waals surface area contributed by atoms with Gasteiger partial charge in [-0.2, -0.15) is 0 Å². The maximum absolute atomic E-state index is 9.35. The predicted molar refractivity (Wildman–Crippen MR) is 56.8 cm³/mol. The number of nitrogens with two attached hydrogens (primary N) is 1. The van der Waals surface area contributed by atoms with Gasteiger partial charge in [-0.1, -0.05) is 6.07 Å². The first-order valence-corrected chi connectivity index (χ1v) is 4.43. The van der Waals surface area contributed by atoms with Crippen LogP contribution in [0, 0.1) is 0 Å². The summed E-state index contributed by atoms with van der Waals surface area (Å²) < 4.78 is 5.39. The summed E-state index contributed by atoms with van der Waals surface area (Å²) in [5.41, 5.74) is 5.78. The predicted octanol–water partition coefficient (Wildman–Crippen LogP) is 2.16. The van der Waals surface area contributed by atoms with Gasteiger partial charge in [-0.25, -0.2) is 4.98 Å². The third-order valence-corrected chi connectivity index (χ3v) is 1.86. The number of nitrogen functional groups attached to an aromatic ring is 1. The summed E-state index contributed by atoms with van der Waals surface area (Å²) in [4.78, 5) is 3.99. The maximum atomic E-state index is 9.35. The van der Waals surface area contributed by atoms with Crippen LogP contribution >= 0.6 is 0 Å². The van der Waals surface area contributed by atoms with Gasteiger partial charge in [-0.3, -0.25) is 0 Å². The standard InChI is InChI=1S/C11H10N2O2/c12-9-5-4-8(7-10(9)14)15-11-3-1-2-6-13-11/h1-7,14H,12H2. The van der Waals surface area contributed by atoms with Crippen LogP contribution in [0.4, 0.5) is 5.69 Å². The second-order valence-corrected chi connectivity index (χ2v) is 2.99. The fraction of sp³-hybridized carbons (Fsp3) is 0. The van der Waals surface area contributed by atoms with Crippen LogP contribution in [-0.4, -0.2) is 10.1 Å². The van der Waals surface area contributed by atoms with E-state index in [1.165, 1.54) is 6.07 Å². The minimum atomic E-state index is 0.00318. The third kappa shape index (κ3) is 2.17. The molecule has 3 N–H and O–H groups in total. The first kappa shape index (κ1) is 9.33. The third-order valence-electron chi connectivity index (χ3n) is 1.86. The summed E-state index contributed by atoms with van der Waals surface area (Å²) in [7, 11) is 0. The quantitative estimate of drug-likeness (QED) is 0.578.